The second-order valence-electron chi connectivity index (χ2n) is 1.58. The Labute approximate surface area is 82.9 Å². The van der Waals surface area contributed by atoms with Gasteiger partial charge in [0.1, 0.15) is 0 Å². The molecule has 1 nitrogen and oxygen atoms in total. The molecule has 4 heteroatoms. The molecule has 11 heavy (non-hydrogen) atoms. The maximum atomic E-state index is 7.93. The standard InChI is InChI=1S/C4H7NS.C3H7ClS/c1-6-4-2-3-5;1-5-3-2-4/h2,4H2,1H3;2-3H2,1H3. The number of rotatable bonds is 4. The van der Waals surface area contributed by atoms with Gasteiger partial charge in [0.15, 0.2) is 0 Å². The highest BCUT2D eigenvalue weighted by Gasteiger charge is 1.74. The molecule has 0 saturated carbocycles. The molecule has 0 aromatic heterocycles. The van der Waals surface area contributed by atoms with Crippen molar-refractivity contribution >= 4 is 35.1 Å². The Hall–Kier alpha value is 0.480. The van der Waals surface area contributed by atoms with Crippen LogP contribution in [0.2, 0.25) is 0 Å². The van der Waals surface area contributed by atoms with Gasteiger partial charge in [0.05, 0.1) is 6.07 Å². The predicted molar refractivity (Wildman–Crippen MR) is 57.7 cm³/mol. The molecule has 0 spiro atoms. The Morgan fingerprint density at radius 3 is 1.91 bits per heavy atom. The molecule has 0 rings (SSSR count). The van der Waals surface area contributed by atoms with Gasteiger partial charge in [0.2, 0.25) is 0 Å². The average Bonchev–Trinajstić information content (AvgIpc) is 2.04. The quantitative estimate of drug-likeness (QED) is 0.528. The summed E-state index contributed by atoms with van der Waals surface area (Å²) in [7, 11) is 0. The number of thioether (sulfide) groups is 2. The first-order chi connectivity index (χ1) is 5.33. The fraction of sp³-hybridized carbons (Fsp3) is 0.857. The van der Waals surface area contributed by atoms with Gasteiger partial charge in [-0.05, 0) is 12.5 Å². The topological polar surface area (TPSA) is 23.8 Å². The van der Waals surface area contributed by atoms with Crippen LogP contribution in [0.25, 0.3) is 0 Å². The van der Waals surface area contributed by atoms with E-state index in [-0.39, 0.29) is 0 Å². The zero-order valence-corrected chi connectivity index (χ0v) is 9.36. The third-order valence-corrected chi connectivity index (χ3v) is 2.34. The molecule has 0 radical (unpaired) electrons. The fourth-order valence-electron chi connectivity index (χ4n) is 0.225. The number of halogens is 1. The van der Waals surface area contributed by atoms with Crippen LogP contribution >= 0.6 is 35.1 Å². The van der Waals surface area contributed by atoms with E-state index in [1.54, 1.807) is 23.5 Å². The summed E-state index contributed by atoms with van der Waals surface area (Å²) >= 11 is 8.75. The minimum atomic E-state index is 0.682. The van der Waals surface area contributed by atoms with Crippen LogP contribution in [0.15, 0.2) is 0 Å². The summed E-state index contributed by atoms with van der Waals surface area (Å²) in [6, 6.07) is 2.05. The number of nitrogens with zero attached hydrogens (tertiary/aromatic N) is 1. The number of hydrogen-bond donors (Lipinski definition) is 0. The molecule has 0 aliphatic carbocycles. The monoisotopic (exact) mass is 211 g/mol. The average molecular weight is 212 g/mol. The molecule has 0 fully saturated rings. The maximum absolute atomic E-state index is 7.93. The molecule has 0 saturated heterocycles. The van der Waals surface area contributed by atoms with Crippen LogP contribution in [0.4, 0.5) is 0 Å². The van der Waals surface area contributed by atoms with Crippen molar-refractivity contribution in [2.24, 2.45) is 0 Å². The van der Waals surface area contributed by atoms with Crippen LogP contribution in [0.1, 0.15) is 6.42 Å². The Morgan fingerprint density at radius 1 is 1.27 bits per heavy atom. The molecule has 0 atom stereocenters. The highest BCUT2D eigenvalue weighted by Crippen LogP contribution is 1.91. The SMILES string of the molecule is CSCCC#N.CSCCCl. The molecule has 0 aromatic rings. The second-order valence-corrected chi connectivity index (χ2v) is 3.93. The lowest BCUT2D eigenvalue weighted by Gasteiger charge is -1.78. The Balaban J connectivity index is 0. The van der Waals surface area contributed by atoms with Crippen molar-refractivity contribution in [1.82, 2.24) is 0 Å². The summed E-state index contributed by atoms with van der Waals surface area (Å²) < 4.78 is 0. The molecule has 0 aliphatic heterocycles. The maximum Gasteiger partial charge on any atom is 0.0630 e. The predicted octanol–water partition coefficient (Wildman–Crippen LogP) is 2.85. The largest absolute Gasteiger partial charge is 0.198 e. The minimum absolute atomic E-state index is 0.682. The summed E-state index contributed by atoms with van der Waals surface area (Å²) in [6.07, 6.45) is 4.72. The lowest BCUT2D eigenvalue weighted by molar-refractivity contribution is 1.24. The highest BCUT2D eigenvalue weighted by molar-refractivity contribution is 7.98. The van der Waals surface area contributed by atoms with Gasteiger partial charge < -0.3 is 0 Å². The van der Waals surface area contributed by atoms with Crippen molar-refractivity contribution in [3.05, 3.63) is 0 Å². The van der Waals surface area contributed by atoms with Gasteiger partial charge in [-0.1, -0.05) is 0 Å². The van der Waals surface area contributed by atoms with Gasteiger partial charge in [-0.2, -0.15) is 28.8 Å². The number of nitriles is 1. The van der Waals surface area contributed by atoms with Crippen LogP contribution in [-0.2, 0) is 0 Å². The molecule has 0 amide bonds. The van der Waals surface area contributed by atoms with Crippen molar-refractivity contribution in [2.75, 3.05) is 29.9 Å². The molecular weight excluding hydrogens is 198 g/mol. The summed E-state index contributed by atoms with van der Waals surface area (Å²) in [6.45, 7) is 0. The Bertz CT molecular complexity index is 90.9. The first-order valence-electron chi connectivity index (χ1n) is 3.24. The molecule has 0 heterocycles. The van der Waals surface area contributed by atoms with Gasteiger partial charge >= 0.3 is 0 Å². The van der Waals surface area contributed by atoms with Gasteiger partial charge in [-0.25, -0.2) is 0 Å². The molecule has 0 aromatic carbocycles. The van der Waals surface area contributed by atoms with Crippen LogP contribution in [0.3, 0.4) is 0 Å². The molecular formula is C7H14ClNS2. The Kier molecular flexibility index (Phi) is 21.5. The van der Waals surface area contributed by atoms with Crippen molar-refractivity contribution < 1.29 is 0 Å². The lowest BCUT2D eigenvalue weighted by atomic mass is 10.6. The lowest BCUT2D eigenvalue weighted by Crippen LogP contribution is -1.71. The van der Waals surface area contributed by atoms with E-state index in [1.807, 2.05) is 18.6 Å². The second kappa shape index (κ2) is 16.8. The van der Waals surface area contributed by atoms with Crippen molar-refractivity contribution in [3.63, 3.8) is 0 Å². The van der Waals surface area contributed by atoms with E-state index < -0.39 is 0 Å². The van der Waals surface area contributed by atoms with Gasteiger partial charge in [0, 0.05) is 23.8 Å². The zero-order chi connectivity index (χ0) is 8.95. The van der Waals surface area contributed by atoms with Crippen molar-refractivity contribution in [2.45, 2.75) is 6.42 Å². The molecule has 0 unspecified atom stereocenters. The Morgan fingerprint density at radius 2 is 1.82 bits per heavy atom. The van der Waals surface area contributed by atoms with E-state index in [2.05, 4.69) is 0 Å². The van der Waals surface area contributed by atoms with E-state index >= 15 is 0 Å². The van der Waals surface area contributed by atoms with Crippen LogP contribution in [0, 0.1) is 11.3 Å². The summed E-state index contributed by atoms with van der Waals surface area (Å²) in [5.41, 5.74) is 0. The molecule has 0 bridgehead atoms. The smallest absolute Gasteiger partial charge is 0.0630 e. The van der Waals surface area contributed by atoms with E-state index in [9.17, 15) is 0 Å². The zero-order valence-electron chi connectivity index (χ0n) is 6.97. The number of hydrogen-bond acceptors (Lipinski definition) is 3. The van der Waals surface area contributed by atoms with Gasteiger partial charge in [-0.3, -0.25) is 0 Å². The van der Waals surface area contributed by atoms with Crippen molar-refractivity contribution in [3.8, 4) is 6.07 Å². The van der Waals surface area contributed by atoms with E-state index in [4.69, 9.17) is 16.9 Å². The summed E-state index contributed by atoms with van der Waals surface area (Å²) in [4.78, 5) is 0. The van der Waals surface area contributed by atoms with Crippen LogP contribution in [0.5, 0.6) is 0 Å². The van der Waals surface area contributed by atoms with Crippen LogP contribution < -0.4 is 0 Å². The van der Waals surface area contributed by atoms with E-state index in [1.165, 1.54) is 0 Å². The normalized spacial score (nSPS) is 7.82. The van der Waals surface area contributed by atoms with Gasteiger partial charge in [-0.15, -0.1) is 11.6 Å². The van der Waals surface area contributed by atoms with Crippen LogP contribution in [-0.4, -0.2) is 29.9 Å². The third kappa shape index (κ3) is 25.1. The van der Waals surface area contributed by atoms with Crippen molar-refractivity contribution in [1.29, 1.82) is 5.26 Å². The third-order valence-electron chi connectivity index (χ3n) is 0.699. The molecule has 0 aliphatic rings. The minimum Gasteiger partial charge on any atom is -0.198 e. The molecule has 0 N–H and O–H groups in total. The first kappa shape index (κ1) is 14.0. The fourth-order valence-corrected chi connectivity index (χ4v) is 1.14. The number of alkyl halides is 1. The molecule has 66 valence electrons. The summed E-state index contributed by atoms with van der Waals surface area (Å²) in [5, 5.41) is 7.93. The van der Waals surface area contributed by atoms with E-state index in [0.717, 1.165) is 17.4 Å². The summed E-state index contributed by atoms with van der Waals surface area (Å²) in [5.74, 6) is 2.82. The van der Waals surface area contributed by atoms with E-state index in [0.29, 0.717) is 6.42 Å². The van der Waals surface area contributed by atoms with Gasteiger partial charge in [0.25, 0.3) is 0 Å². The highest BCUT2D eigenvalue weighted by atomic mass is 35.5. The first-order valence-corrected chi connectivity index (χ1v) is 6.56.